The van der Waals surface area contributed by atoms with Crippen LogP contribution in [-0.2, 0) is 16.3 Å². The molecule has 0 aromatic heterocycles. The predicted molar refractivity (Wildman–Crippen MR) is 79.6 cm³/mol. The van der Waals surface area contributed by atoms with E-state index >= 15 is 0 Å². The highest BCUT2D eigenvalue weighted by molar-refractivity contribution is 9.10. The molecule has 0 aliphatic carbocycles. The molecule has 0 bridgehead atoms. The van der Waals surface area contributed by atoms with E-state index in [2.05, 4.69) is 21.2 Å². The minimum Gasteiger partial charge on any atom is -0.313 e. The van der Waals surface area contributed by atoms with Gasteiger partial charge in [-0.15, -0.1) is 0 Å². The Balaban J connectivity index is 2.96. The number of rotatable bonds is 6. The summed E-state index contributed by atoms with van der Waals surface area (Å²) >= 11 is 3.20. The van der Waals surface area contributed by atoms with Crippen molar-refractivity contribution in [2.24, 2.45) is 0 Å². The zero-order chi connectivity index (χ0) is 14.6. The summed E-state index contributed by atoms with van der Waals surface area (Å²) in [6, 6.07) is 4.53. The molecule has 0 fully saturated rings. The van der Waals surface area contributed by atoms with Crippen molar-refractivity contribution in [3.8, 4) is 0 Å². The van der Waals surface area contributed by atoms with Crippen LogP contribution in [0.15, 0.2) is 22.7 Å². The third-order valence-corrected chi connectivity index (χ3v) is 5.34. The summed E-state index contributed by atoms with van der Waals surface area (Å²) in [7, 11) is -3.16. The van der Waals surface area contributed by atoms with Crippen molar-refractivity contribution in [2.75, 3.05) is 12.8 Å². The van der Waals surface area contributed by atoms with Crippen LogP contribution in [0.1, 0.15) is 19.4 Å². The van der Waals surface area contributed by atoms with Crippen LogP contribution in [0, 0.1) is 5.82 Å². The standard InChI is InChI=1S/C13H19BrFNO2S/c1-4-16-13(9(2)19(3,17)18)7-10-5-6-11(14)8-12(10)15/h5-6,8-9,13,16H,4,7H2,1-3H3. The molecule has 1 aromatic rings. The molecule has 1 aromatic carbocycles. The van der Waals surface area contributed by atoms with Crippen molar-refractivity contribution in [3.05, 3.63) is 34.1 Å². The highest BCUT2D eigenvalue weighted by Gasteiger charge is 2.26. The first kappa shape index (κ1) is 16.6. The van der Waals surface area contributed by atoms with Gasteiger partial charge in [0.05, 0.1) is 5.25 Å². The Hall–Kier alpha value is -0.460. The smallest absolute Gasteiger partial charge is 0.151 e. The van der Waals surface area contributed by atoms with Crippen LogP contribution >= 0.6 is 15.9 Å². The molecule has 108 valence electrons. The van der Waals surface area contributed by atoms with Crippen LogP contribution in [0.2, 0.25) is 0 Å². The van der Waals surface area contributed by atoms with Crippen LogP contribution in [0.5, 0.6) is 0 Å². The molecule has 2 unspecified atom stereocenters. The van der Waals surface area contributed by atoms with Gasteiger partial charge >= 0.3 is 0 Å². The van der Waals surface area contributed by atoms with Crippen LogP contribution in [0.25, 0.3) is 0 Å². The molecule has 0 aliphatic heterocycles. The average molecular weight is 352 g/mol. The van der Waals surface area contributed by atoms with Crippen LogP contribution in [0.4, 0.5) is 4.39 Å². The topological polar surface area (TPSA) is 46.2 Å². The third-order valence-electron chi connectivity index (χ3n) is 3.16. The number of halogens is 2. The third kappa shape index (κ3) is 4.85. The normalized spacial score (nSPS) is 15.2. The number of likely N-dealkylation sites (N-methyl/N-ethyl adjacent to an activating group) is 1. The van der Waals surface area contributed by atoms with Crippen LogP contribution < -0.4 is 5.32 Å². The number of nitrogens with one attached hydrogen (secondary N) is 1. The van der Waals surface area contributed by atoms with Crippen LogP contribution in [0.3, 0.4) is 0 Å². The zero-order valence-corrected chi connectivity index (χ0v) is 13.7. The highest BCUT2D eigenvalue weighted by atomic mass is 79.9. The monoisotopic (exact) mass is 351 g/mol. The van der Waals surface area contributed by atoms with Crippen molar-refractivity contribution in [2.45, 2.75) is 31.6 Å². The first-order chi connectivity index (χ1) is 8.75. The summed E-state index contributed by atoms with van der Waals surface area (Å²) in [4.78, 5) is 0. The Morgan fingerprint density at radius 3 is 2.53 bits per heavy atom. The molecule has 2 atom stereocenters. The van der Waals surface area contributed by atoms with E-state index < -0.39 is 15.1 Å². The van der Waals surface area contributed by atoms with Crippen molar-refractivity contribution < 1.29 is 12.8 Å². The van der Waals surface area contributed by atoms with Gasteiger partial charge in [-0.05, 0) is 37.6 Å². The second-order valence-corrected chi connectivity index (χ2v) is 7.96. The number of hydrogen-bond donors (Lipinski definition) is 1. The Bertz CT molecular complexity index is 533. The lowest BCUT2D eigenvalue weighted by atomic mass is 10.0. The first-order valence-electron chi connectivity index (χ1n) is 6.12. The lowest BCUT2D eigenvalue weighted by Gasteiger charge is -2.23. The highest BCUT2D eigenvalue weighted by Crippen LogP contribution is 2.18. The molecule has 0 amide bonds. The fourth-order valence-electron chi connectivity index (χ4n) is 1.89. The Morgan fingerprint density at radius 2 is 2.05 bits per heavy atom. The second kappa shape index (κ2) is 6.81. The molecule has 19 heavy (non-hydrogen) atoms. The molecule has 3 nitrogen and oxygen atoms in total. The summed E-state index contributed by atoms with van der Waals surface area (Å²) < 4.78 is 37.7. The van der Waals surface area contributed by atoms with E-state index in [-0.39, 0.29) is 11.9 Å². The molecule has 1 rings (SSSR count). The maximum absolute atomic E-state index is 13.8. The second-order valence-electron chi connectivity index (χ2n) is 4.64. The van der Waals surface area contributed by atoms with Gasteiger partial charge in [-0.25, -0.2) is 12.8 Å². The molecule has 1 N–H and O–H groups in total. The van der Waals surface area contributed by atoms with Gasteiger partial charge in [-0.2, -0.15) is 0 Å². The van der Waals surface area contributed by atoms with Gasteiger partial charge in [-0.1, -0.05) is 28.9 Å². The maximum atomic E-state index is 13.8. The number of benzene rings is 1. The molecule has 0 spiro atoms. The zero-order valence-electron chi connectivity index (χ0n) is 11.3. The molecule has 6 heteroatoms. The van der Waals surface area contributed by atoms with Crippen LogP contribution in [-0.4, -0.2) is 32.5 Å². The van der Waals surface area contributed by atoms with Gasteiger partial charge in [0.25, 0.3) is 0 Å². The van der Waals surface area contributed by atoms with E-state index in [0.29, 0.717) is 23.0 Å². The molecular weight excluding hydrogens is 333 g/mol. The van der Waals surface area contributed by atoms with Crippen molar-refractivity contribution in [3.63, 3.8) is 0 Å². The van der Waals surface area contributed by atoms with Crippen molar-refractivity contribution in [1.82, 2.24) is 5.32 Å². The summed E-state index contributed by atoms with van der Waals surface area (Å²) in [5.74, 6) is -0.321. The minimum absolute atomic E-state index is 0.296. The fraction of sp³-hybridized carbons (Fsp3) is 0.538. The van der Waals surface area contributed by atoms with Gasteiger partial charge in [0, 0.05) is 16.8 Å². The summed E-state index contributed by atoms with van der Waals surface area (Å²) in [5, 5.41) is 2.56. The molecular formula is C13H19BrFNO2S. The van der Waals surface area contributed by atoms with Gasteiger partial charge in [0.2, 0.25) is 0 Å². The van der Waals surface area contributed by atoms with E-state index in [1.165, 1.54) is 12.3 Å². The lowest BCUT2D eigenvalue weighted by molar-refractivity contribution is 0.483. The average Bonchev–Trinajstić information content (AvgIpc) is 2.29. The maximum Gasteiger partial charge on any atom is 0.151 e. The van der Waals surface area contributed by atoms with Crippen molar-refractivity contribution >= 4 is 25.8 Å². The molecule has 0 saturated carbocycles. The quantitative estimate of drug-likeness (QED) is 0.856. The Kier molecular flexibility index (Phi) is 5.95. The predicted octanol–water partition coefficient (Wildman–Crippen LogP) is 2.54. The van der Waals surface area contributed by atoms with Gasteiger partial charge < -0.3 is 5.32 Å². The molecule has 0 aliphatic rings. The summed E-state index contributed by atoms with van der Waals surface area (Å²) in [5.41, 5.74) is 0.518. The summed E-state index contributed by atoms with van der Waals surface area (Å²) in [6.07, 6.45) is 1.56. The summed E-state index contributed by atoms with van der Waals surface area (Å²) in [6.45, 7) is 4.20. The van der Waals surface area contributed by atoms with Gasteiger partial charge in [0.15, 0.2) is 9.84 Å². The van der Waals surface area contributed by atoms with Gasteiger partial charge in [0.1, 0.15) is 5.82 Å². The van der Waals surface area contributed by atoms with E-state index in [9.17, 15) is 12.8 Å². The Labute approximate surface area is 122 Å². The largest absolute Gasteiger partial charge is 0.313 e. The van der Waals surface area contributed by atoms with Gasteiger partial charge in [-0.3, -0.25) is 0 Å². The van der Waals surface area contributed by atoms with E-state index in [1.54, 1.807) is 19.1 Å². The lowest BCUT2D eigenvalue weighted by Crippen LogP contribution is -2.43. The molecule has 0 heterocycles. The molecule has 0 saturated heterocycles. The van der Waals surface area contributed by atoms with E-state index in [0.717, 1.165) is 0 Å². The van der Waals surface area contributed by atoms with E-state index in [4.69, 9.17) is 0 Å². The van der Waals surface area contributed by atoms with Crippen molar-refractivity contribution in [1.29, 1.82) is 0 Å². The minimum atomic E-state index is -3.16. The fourth-order valence-corrected chi connectivity index (χ4v) is 3.01. The number of hydrogen-bond acceptors (Lipinski definition) is 3. The first-order valence-corrected chi connectivity index (χ1v) is 8.86. The SMILES string of the molecule is CCNC(Cc1ccc(Br)cc1F)C(C)S(C)(=O)=O. The molecule has 0 radical (unpaired) electrons. The Morgan fingerprint density at radius 1 is 1.42 bits per heavy atom. The number of sulfone groups is 1. The van der Waals surface area contributed by atoms with E-state index in [1.807, 2.05) is 6.92 Å².